The number of para-hydroxylation sites is 2. The normalized spacial score (nSPS) is 22.0. The number of carbonyl (C=O) groups is 1. The minimum absolute atomic E-state index is 0.339. The largest absolute Gasteiger partial charge is 0.482 e. The molecule has 1 heterocycles. The number of hydrogen-bond donors (Lipinski definition) is 1. The molecule has 92 valence electrons. The Kier molecular flexibility index (Phi) is 3.49. The summed E-state index contributed by atoms with van der Waals surface area (Å²) in [6, 6.07) is 7.26. The Balaban J connectivity index is 2.09. The third-order valence-electron chi connectivity index (χ3n) is 2.42. The van der Waals surface area contributed by atoms with Crippen molar-refractivity contribution in [3.05, 3.63) is 24.3 Å². The molecule has 2 rings (SSSR count). The van der Waals surface area contributed by atoms with Crippen molar-refractivity contribution in [2.75, 3.05) is 6.61 Å². The SMILES string of the molecule is CCONC(=O)[C@H]1Oc2ccccc2O[C@H]1C. The van der Waals surface area contributed by atoms with E-state index in [-0.39, 0.29) is 12.0 Å². The maximum atomic E-state index is 11.7. The molecule has 0 saturated heterocycles. The van der Waals surface area contributed by atoms with Crippen molar-refractivity contribution in [1.29, 1.82) is 0 Å². The first kappa shape index (κ1) is 11.7. The predicted octanol–water partition coefficient (Wildman–Crippen LogP) is 1.28. The quantitative estimate of drug-likeness (QED) is 0.805. The smallest absolute Gasteiger partial charge is 0.288 e. The van der Waals surface area contributed by atoms with Gasteiger partial charge in [0.1, 0.15) is 6.10 Å². The number of hydrogen-bond acceptors (Lipinski definition) is 4. The fraction of sp³-hybridized carbons (Fsp3) is 0.417. The Labute approximate surface area is 99.6 Å². The molecule has 5 heteroatoms. The maximum Gasteiger partial charge on any atom is 0.288 e. The van der Waals surface area contributed by atoms with Gasteiger partial charge in [-0.25, -0.2) is 5.48 Å². The Bertz CT molecular complexity index is 407. The number of ether oxygens (including phenoxy) is 2. The van der Waals surface area contributed by atoms with Crippen LogP contribution in [0.3, 0.4) is 0 Å². The molecule has 0 bridgehead atoms. The van der Waals surface area contributed by atoms with Gasteiger partial charge < -0.3 is 9.47 Å². The third-order valence-corrected chi connectivity index (χ3v) is 2.42. The molecule has 1 N–H and O–H groups in total. The molecule has 0 unspecified atom stereocenters. The van der Waals surface area contributed by atoms with Gasteiger partial charge in [0.05, 0.1) is 6.61 Å². The van der Waals surface area contributed by atoms with Gasteiger partial charge in [0, 0.05) is 0 Å². The van der Waals surface area contributed by atoms with Gasteiger partial charge in [-0.3, -0.25) is 9.63 Å². The van der Waals surface area contributed by atoms with Gasteiger partial charge >= 0.3 is 0 Å². The number of nitrogens with one attached hydrogen (secondary N) is 1. The van der Waals surface area contributed by atoms with Crippen molar-refractivity contribution in [3.63, 3.8) is 0 Å². The summed E-state index contributed by atoms with van der Waals surface area (Å²) in [5, 5.41) is 0. The van der Waals surface area contributed by atoms with E-state index in [0.717, 1.165) is 0 Å². The van der Waals surface area contributed by atoms with E-state index in [1.807, 2.05) is 18.2 Å². The van der Waals surface area contributed by atoms with Gasteiger partial charge in [-0.05, 0) is 26.0 Å². The van der Waals surface area contributed by atoms with Gasteiger partial charge in [-0.1, -0.05) is 12.1 Å². The Morgan fingerprint density at radius 2 is 2.00 bits per heavy atom. The van der Waals surface area contributed by atoms with Crippen LogP contribution in [0.25, 0.3) is 0 Å². The topological polar surface area (TPSA) is 56.8 Å². The van der Waals surface area contributed by atoms with Gasteiger partial charge in [-0.15, -0.1) is 0 Å². The molecule has 5 nitrogen and oxygen atoms in total. The third kappa shape index (κ3) is 2.50. The van der Waals surface area contributed by atoms with E-state index in [4.69, 9.17) is 14.3 Å². The summed E-state index contributed by atoms with van der Waals surface area (Å²) in [5.74, 6) is 0.886. The van der Waals surface area contributed by atoms with Crippen LogP contribution in [0.15, 0.2) is 24.3 Å². The van der Waals surface area contributed by atoms with Crippen LogP contribution in [0.2, 0.25) is 0 Å². The van der Waals surface area contributed by atoms with Crippen LogP contribution in [0.1, 0.15) is 13.8 Å². The molecule has 0 spiro atoms. The van der Waals surface area contributed by atoms with Crippen LogP contribution >= 0.6 is 0 Å². The van der Waals surface area contributed by atoms with Gasteiger partial charge in [0.15, 0.2) is 11.5 Å². The monoisotopic (exact) mass is 237 g/mol. The first-order valence-corrected chi connectivity index (χ1v) is 5.56. The zero-order valence-corrected chi connectivity index (χ0v) is 9.80. The van der Waals surface area contributed by atoms with Crippen molar-refractivity contribution in [2.45, 2.75) is 26.1 Å². The minimum Gasteiger partial charge on any atom is -0.482 e. The zero-order valence-electron chi connectivity index (χ0n) is 9.80. The van der Waals surface area contributed by atoms with Gasteiger partial charge in [0.2, 0.25) is 6.10 Å². The molecule has 0 aromatic heterocycles. The summed E-state index contributed by atoms with van der Waals surface area (Å²) in [7, 11) is 0. The average molecular weight is 237 g/mol. The van der Waals surface area contributed by atoms with Crippen molar-refractivity contribution >= 4 is 5.91 Å². The lowest BCUT2D eigenvalue weighted by Crippen LogP contribution is -2.48. The molecule has 0 fully saturated rings. The van der Waals surface area contributed by atoms with E-state index in [0.29, 0.717) is 18.1 Å². The Hall–Kier alpha value is -1.75. The van der Waals surface area contributed by atoms with E-state index >= 15 is 0 Å². The highest BCUT2D eigenvalue weighted by atomic mass is 16.7. The van der Waals surface area contributed by atoms with Gasteiger partial charge in [0.25, 0.3) is 5.91 Å². The van der Waals surface area contributed by atoms with Crippen LogP contribution in [0.4, 0.5) is 0 Å². The van der Waals surface area contributed by atoms with E-state index in [2.05, 4.69) is 5.48 Å². The molecule has 1 amide bonds. The van der Waals surface area contributed by atoms with Crippen LogP contribution in [-0.2, 0) is 9.63 Å². The molecule has 1 aromatic rings. The Morgan fingerprint density at radius 3 is 2.65 bits per heavy atom. The van der Waals surface area contributed by atoms with Crippen LogP contribution in [-0.4, -0.2) is 24.7 Å². The number of benzene rings is 1. The Morgan fingerprint density at radius 1 is 1.35 bits per heavy atom. The van der Waals surface area contributed by atoms with Crippen LogP contribution < -0.4 is 15.0 Å². The summed E-state index contributed by atoms with van der Waals surface area (Å²) >= 11 is 0. The molecule has 1 aliphatic heterocycles. The molecule has 0 saturated carbocycles. The highest BCUT2D eigenvalue weighted by Gasteiger charge is 2.34. The molecule has 17 heavy (non-hydrogen) atoms. The molecule has 1 aliphatic rings. The van der Waals surface area contributed by atoms with Crippen molar-refractivity contribution in [2.24, 2.45) is 0 Å². The molecular formula is C12H15NO4. The molecular weight excluding hydrogens is 222 g/mol. The number of rotatable bonds is 3. The van der Waals surface area contributed by atoms with Crippen LogP contribution in [0.5, 0.6) is 11.5 Å². The summed E-state index contributed by atoms with van der Waals surface area (Å²) in [6.45, 7) is 3.98. The molecule has 0 aliphatic carbocycles. The second kappa shape index (κ2) is 5.05. The lowest BCUT2D eigenvalue weighted by atomic mass is 10.1. The molecule has 0 radical (unpaired) electrons. The summed E-state index contributed by atoms with van der Waals surface area (Å²) in [5.41, 5.74) is 2.32. The lowest BCUT2D eigenvalue weighted by molar-refractivity contribution is -0.145. The summed E-state index contributed by atoms with van der Waals surface area (Å²) in [6.07, 6.45) is -1.05. The molecule has 1 aromatic carbocycles. The first-order chi connectivity index (χ1) is 8.22. The zero-order chi connectivity index (χ0) is 12.3. The van der Waals surface area contributed by atoms with E-state index in [9.17, 15) is 4.79 Å². The summed E-state index contributed by atoms with van der Waals surface area (Å²) < 4.78 is 11.2. The average Bonchev–Trinajstić information content (AvgIpc) is 2.35. The standard InChI is InChI=1S/C12H15NO4/c1-3-15-13-12(14)11-8(2)16-9-6-4-5-7-10(9)17-11/h4-8,11H,3H2,1-2H3,(H,13,14)/t8-,11-/m0/s1. The maximum absolute atomic E-state index is 11.7. The second-order valence-corrected chi connectivity index (χ2v) is 3.71. The fourth-order valence-electron chi connectivity index (χ4n) is 1.61. The predicted molar refractivity (Wildman–Crippen MR) is 60.7 cm³/mol. The first-order valence-electron chi connectivity index (χ1n) is 5.56. The summed E-state index contributed by atoms with van der Waals surface area (Å²) in [4.78, 5) is 16.6. The molecule has 2 atom stereocenters. The minimum atomic E-state index is -0.698. The highest BCUT2D eigenvalue weighted by molar-refractivity contribution is 5.81. The van der Waals surface area contributed by atoms with Gasteiger partial charge in [-0.2, -0.15) is 0 Å². The number of amides is 1. The van der Waals surface area contributed by atoms with Crippen LogP contribution in [0, 0.1) is 0 Å². The fourth-order valence-corrected chi connectivity index (χ4v) is 1.61. The number of fused-ring (bicyclic) bond motifs is 1. The van der Waals surface area contributed by atoms with Crippen molar-refractivity contribution < 1.29 is 19.1 Å². The van der Waals surface area contributed by atoms with E-state index in [1.54, 1.807) is 19.9 Å². The number of hydroxylamine groups is 1. The van der Waals surface area contributed by atoms with E-state index in [1.165, 1.54) is 0 Å². The second-order valence-electron chi connectivity index (χ2n) is 3.71. The van der Waals surface area contributed by atoms with Crippen molar-refractivity contribution in [3.8, 4) is 11.5 Å². The number of carbonyl (C=O) groups excluding carboxylic acids is 1. The van der Waals surface area contributed by atoms with E-state index < -0.39 is 6.10 Å². The lowest BCUT2D eigenvalue weighted by Gasteiger charge is -2.30. The highest BCUT2D eigenvalue weighted by Crippen LogP contribution is 2.33. The van der Waals surface area contributed by atoms with Crippen molar-refractivity contribution in [1.82, 2.24) is 5.48 Å².